The Balaban J connectivity index is 1.82. The van der Waals surface area contributed by atoms with Gasteiger partial charge in [0.25, 0.3) is 0 Å². The highest BCUT2D eigenvalue weighted by Gasteiger charge is 2.74. The first kappa shape index (κ1) is 12.2. The van der Waals surface area contributed by atoms with Gasteiger partial charge in [0.15, 0.2) is 0 Å². The van der Waals surface area contributed by atoms with Crippen molar-refractivity contribution in [3.63, 3.8) is 0 Å². The minimum atomic E-state index is -1.37. The second-order valence-electron chi connectivity index (χ2n) is 5.42. The van der Waals surface area contributed by atoms with Gasteiger partial charge in [0.05, 0.1) is 11.8 Å². The molecule has 1 unspecified atom stereocenters. The average Bonchev–Trinajstić information content (AvgIpc) is 3.08. The number of fused-ring (bicyclic) bond motifs is 1. The van der Waals surface area contributed by atoms with Crippen LogP contribution in [0.5, 0.6) is 0 Å². The lowest BCUT2D eigenvalue weighted by Gasteiger charge is -2.34. The number of aliphatic hydroxyl groups is 1. The molecular formula is C14H15NO4. The molecule has 5 heteroatoms. The lowest BCUT2D eigenvalue weighted by atomic mass is 10.1. The quantitative estimate of drug-likeness (QED) is 0.839. The van der Waals surface area contributed by atoms with E-state index in [2.05, 4.69) is 0 Å². The van der Waals surface area contributed by atoms with Crippen LogP contribution in [0.15, 0.2) is 30.3 Å². The molecule has 2 N–H and O–H groups in total. The monoisotopic (exact) mass is 261 g/mol. The molecule has 1 saturated heterocycles. The highest BCUT2D eigenvalue weighted by atomic mass is 16.4. The summed E-state index contributed by atoms with van der Waals surface area (Å²) in [7, 11) is 0. The molecule has 2 aliphatic rings. The van der Waals surface area contributed by atoms with Gasteiger partial charge in [-0.05, 0) is 12.5 Å². The summed E-state index contributed by atoms with van der Waals surface area (Å²) in [6.45, 7) is 1.84. The van der Waals surface area contributed by atoms with Crippen LogP contribution < -0.4 is 0 Å². The molecule has 1 aromatic carbocycles. The van der Waals surface area contributed by atoms with E-state index in [1.54, 1.807) is 0 Å². The molecular weight excluding hydrogens is 246 g/mol. The predicted octanol–water partition coefficient (Wildman–Crippen LogP) is 0.684. The fourth-order valence-electron chi connectivity index (χ4n) is 3.19. The number of likely N-dealkylation sites (tertiary alicyclic amines) is 1. The highest BCUT2D eigenvalue weighted by molar-refractivity contribution is 5.94. The molecule has 0 spiro atoms. The minimum Gasteiger partial charge on any atom is -0.481 e. The summed E-state index contributed by atoms with van der Waals surface area (Å²) in [6, 6.07) is 9.37. The summed E-state index contributed by atoms with van der Waals surface area (Å²) in [5.41, 5.74) is -0.454. The Morgan fingerprint density at radius 1 is 1.37 bits per heavy atom. The van der Waals surface area contributed by atoms with Crippen molar-refractivity contribution < 1.29 is 19.8 Å². The standard InChI is InChI=1S/C14H15NO4/c1-14(19)11-9(10(11)13(17)18)12(16)15(14)7-8-5-3-2-4-6-8/h2-6,9-11,19H,7H2,1H3,(H,17,18)/t9-,10-,11-,14?/m1/s1. The maximum atomic E-state index is 12.2. The Hall–Kier alpha value is -1.88. The molecule has 2 fully saturated rings. The number of aliphatic carboxylic acids is 1. The van der Waals surface area contributed by atoms with Crippen LogP contribution >= 0.6 is 0 Å². The lowest BCUT2D eigenvalue weighted by Crippen LogP contribution is -2.48. The Labute approximate surface area is 110 Å². The summed E-state index contributed by atoms with van der Waals surface area (Å²) in [5.74, 6) is -3.03. The van der Waals surface area contributed by atoms with Gasteiger partial charge in [0.1, 0.15) is 5.72 Å². The third-order valence-corrected chi connectivity index (χ3v) is 4.22. The van der Waals surface area contributed by atoms with Crippen LogP contribution in [0, 0.1) is 17.8 Å². The lowest BCUT2D eigenvalue weighted by molar-refractivity contribution is -0.159. The Kier molecular flexibility index (Phi) is 2.44. The molecule has 19 heavy (non-hydrogen) atoms. The molecule has 1 aliphatic heterocycles. The zero-order chi connectivity index (χ0) is 13.8. The van der Waals surface area contributed by atoms with Crippen molar-refractivity contribution in [2.45, 2.75) is 19.2 Å². The SMILES string of the molecule is CC1(O)[C@H]2[C@H](C(=O)O)[C@H]2C(=O)N1Cc1ccccc1. The fourth-order valence-corrected chi connectivity index (χ4v) is 3.19. The van der Waals surface area contributed by atoms with E-state index in [4.69, 9.17) is 5.11 Å². The molecule has 0 bridgehead atoms. The van der Waals surface area contributed by atoms with Gasteiger partial charge in [-0.25, -0.2) is 0 Å². The molecule has 3 rings (SSSR count). The zero-order valence-corrected chi connectivity index (χ0v) is 10.5. The third kappa shape index (κ3) is 1.65. The van der Waals surface area contributed by atoms with E-state index in [-0.39, 0.29) is 5.91 Å². The number of carboxylic acid groups (broad SMARTS) is 1. The number of carbonyl (C=O) groups is 2. The molecule has 1 aliphatic carbocycles. The molecule has 1 amide bonds. The van der Waals surface area contributed by atoms with E-state index in [1.807, 2.05) is 30.3 Å². The van der Waals surface area contributed by atoms with Crippen LogP contribution in [-0.4, -0.2) is 32.7 Å². The van der Waals surface area contributed by atoms with E-state index in [1.165, 1.54) is 11.8 Å². The van der Waals surface area contributed by atoms with Crippen molar-refractivity contribution in [2.24, 2.45) is 17.8 Å². The van der Waals surface area contributed by atoms with Crippen molar-refractivity contribution in [1.82, 2.24) is 4.90 Å². The van der Waals surface area contributed by atoms with E-state index in [0.29, 0.717) is 6.54 Å². The number of hydrogen-bond acceptors (Lipinski definition) is 3. The van der Waals surface area contributed by atoms with Crippen molar-refractivity contribution in [3.8, 4) is 0 Å². The predicted molar refractivity (Wildman–Crippen MR) is 65.7 cm³/mol. The van der Waals surface area contributed by atoms with Crippen LogP contribution in [0.1, 0.15) is 12.5 Å². The van der Waals surface area contributed by atoms with Crippen LogP contribution in [0.25, 0.3) is 0 Å². The summed E-state index contributed by atoms with van der Waals surface area (Å²) >= 11 is 0. The molecule has 100 valence electrons. The normalized spacial score (nSPS) is 36.2. The first-order chi connectivity index (χ1) is 8.94. The Bertz CT molecular complexity index is 540. The minimum absolute atomic E-state index is 0.258. The van der Waals surface area contributed by atoms with Gasteiger partial charge in [0.2, 0.25) is 5.91 Å². The van der Waals surface area contributed by atoms with Gasteiger partial charge >= 0.3 is 5.97 Å². The molecule has 0 radical (unpaired) electrons. The van der Waals surface area contributed by atoms with Crippen LogP contribution in [-0.2, 0) is 16.1 Å². The zero-order valence-electron chi connectivity index (χ0n) is 10.5. The smallest absolute Gasteiger partial charge is 0.307 e. The summed E-state index contributed by atoms with van der Waals surface area (Å²) in [6.07, 6.45) is 0. The van der Waals surface area contributed by atoms with Gasteiger partial charge in [-0.1, -0.05) is 30.3 Å². The summed E-state index contributed by atoms with van der Waals surface area (Å²) in [4.78, 5) is 24.6. The van der Waals surface area contributed by atoms with Gasteiger partial charge < -0.3 is 15.1 Å². The van der Waals surface area contributed by atoms with Crippen LogP contribution in [0.2, 0.25) is 0 Å². The van der Waals surface area contributed by atoms with Gasteiger partial charge in [-0.15, -0.1) is 0 Å². The highest BCUT2D eigenvalue weighted by Crippen LogP contribution is 2.60. The first-order valence-electron chi connectivity index (χ1n) is 6.25. The number of carboxylic acids is 1. The number of nitrogens with zero attached hydrogens (tertiary/aromatic N) is 1. The van der Waals surface area contributed by atoms with Crippen molar-refractivity contribution in [2.75, 3.05) is 0 Å². The topological polar surface area (TPSA) is 77.8 Å². The number of hydrogen-bond donors (Lipinski definition) is 2. The summed E-state index contributed by atoms with van der Waals surface area (Å²) < 4.78 is 0. The molecule has 1 aromatic rings. The number of benzene rings is 1. The summed E-state index contributed by atoms with van der Waals surface area (Å²) in [5, 5.41) is 19.5. The molecule has 1 heterocycles. The third-order valence-electron chi connectivity index (χ3n) is 4.22. The van der Waals surface area contributed by atoms with Gasteiger partial charge in [0, 0.05) is 12.5 Å². The van der Waals surface area contributed by atoms with E-state index in [0.717, 1.165) is 5.56 Å². The number of carbonyl (C=O) groups excluding carboxylic acids is 1. The van der Waals surface area contributed by atoms with Crippen molar-refractivity contribution >= 4 is 11.9 Å². The van der Waals surface area contributed by atoms with E-state index in [9.17, 15) is 14.7 Å². The van der Waals surface area contributed by atoms with E-state index < -0.39 is 29.4 Å². The largest absolute Gasteiger partial charge is 0.481 e. The second-order valence-corrected chi connectivity index (χ2v) is 5.42. The number of amides is 1. The average molecular weight is 261 g/mol. The van der Waals surface area contributed by atoms with Gasteiger partial charge in [-0.2, -0.15) is 0 Å². The van der Waals surface area contributed by atoms with E-state index >= 15 is 0 Å². The number of piperidine rings is 1. The molecule has 5 nitrogen and oxygen atoms in total. The second kappa shape index (κ2) is 3.81. The molecule has 4 atom stereocenters. The molecule has 1 saturated carbocycles. The molecule has 0 aromatic heterocycles. The van der Waals surface area contributed by atoms with Gasteiger partial charge in [-0.3, -0.25) is 9.59 Å². The maximum Gasteiger partial charge on any atom is 0.307 e. The van der Waals surface area contributed by atoms with Crippen molar-refractivity contribution in [3.05, 3.63) is 35.9 Å². The van der Waals surface area contributed by atoms with Crippen molar-refractivity contribution in [1.29, 1.82) is 0 Å². The Morgan fingerprint density at radius 3 is 2.47 bits per heavy atom. The van der Waals surface area contributed by atoms with Crippen LogP contribution in [0.4, 0.5) is 0 Å². The Morgan fingerprint density at radius 2 is 2.00 bits per heavy atom. The fraction of sp³-hybridized carbons (Fsp3) is 0.429. The maximum absolute atomic E-state index is 12.2. The number of rotatable bonds is 3. The first-order valence-corrected chi connectivity index (χ1v) is 6.25. The van der Waals surface area contributed by atoms with Crippen LogP contribution in [0.3, 0.4) is 0 Å².